The van der Waals surface area contributed by atoms with Crippen molar-refractivity contribution in [1.82, 2.24) is 4.98 Å². The Bertz CT molecular complexity index is 976. The fourth-order valence-electron chi connectivity index (χ4n) is 2.94. The van der Waals surface area contributed by atoms with Crippen molar-refractivity contribution in [2.45, 2.75) is 25.5 Å². The van der Waals surface area contributed by atoms with Crippen molar-refractivity contribution in [1.29, 1.82) is 5.26 Å². The normalized spacial score (nSPS) is 14.5. The van der Waals surface area contributed by atoms with Crippen molar-refractivity contribution in [3.63, 3.8) is 0 Å². The van der Waals surface area contributed by atoms with Gasteiger partial charge in [-0.3, -0.25) is 0 Å². The van der Waals surface area contributed by atoms with Crippen LogP contribution in [0.1, 0.15) is 29.5 Å². The quantitative estimate of drug-likeness (QED) is 0.731. The van der Waals surface area contributed by atoms with Crippen LogP contribution in [0.4, 0.5) is 0 Å². The molecular weight excluding hydrogens is 350 g/mol. The lowest BCUT2D eigenvalue weighted by Gasteiger charge is -2.31. The summed E-state index contributed by atoms with van der Waals surface area (Å²) in [5, 5.41) is 19.9. The molecule has 0 fully saturated rings. The first kappa shape index (κ1) is 18.2. The van der Waals surface area contributed by atoms with E-state index in [2.05, 4.69) is 4.98 Å². The number of oxazole rings is 1. The van der Waals surface area contributed by atoms with Crippen LogP contribution >= 0.6 is 11.6 Å². The smallest absolute Gasteiger partial charge is 0.222 e. The molecule has 6 heteroatoms. The molecule has 0 aliphatic rings. The predicted octanol–water partition coefficient (Wildman–Crippen LogP) is 3.76. The van der Waals surface area contributed by atoms with Crippen molar-refractivity contribution in [3.8, 4) is 17.4 Å². The maximum atomic E-state index is 10.5. The zero-order chi connectivity index (χ0) is 18.9. The van der Waals surface area contributed by atoms with Crippen molar-refractivity contribution in [2.24, 2.45) is 5.73 Å². The van der Waals surface area contributed by atoms with Crippen LogP contribution in [0, 0.1) is 18.3 Å². The van der Waals surface area contributed by atoms with E-state index in [0.29, 0.717) is 27.5 Å². The zero-order valence-corrected chi connectivity index (χ0v) is 15.2. The molecule has 0 aliphatic carbocycles. The van der Waals surface area contributed by atoms with Crippen LogP contribution in [0.3, 0.4) is 0 Å². The number of benzene rings is 2. The van der Waals surface area contributed by atoms with E-state index in [-0.39, 0.29) is 5.89 Å². The molecule has 2 atom stereocenters. The van der Waals surface area contributed by atoms with E-state index in [0.717, 1.165) is 5.56 Å². The first-order valence-corrected chi connectivity index (χ1v) is 8.45. The van der Waals surface area contributed by atoms with Gasteiger partial charge in [0.2, 0.25) is 5.89 Å². The van der Waals surface area contributed by atoms with E-state index in [1.54, 1.807) is 32.2 Å². The largest absolute Gasteiger partial charge is 0.438 e. The summed E-state index contributed by atoms with van der Waals surface area (Å²) in [5.41, 5.74) is 7.54. The molecule has 0 aliphatic heterocycles. The third kappa shape index (κ3) is 2.89. The minimum absolute atomic E-state index is 0.176. The van der Waals surface area contributed by atoms with Crippen LogP contribution in [-0.4, -0.2) is 16.2 Å². The molecule has 26 heavy (non-hydrogen) atoms. The summed E-state index contributed by atoms with van der Waals surface area (Å²) < 4.78 is 5.90. The first-order valence-electron chi connectivity index (χ1n) is 8.08. The molecule has 0 amide bonds. The monoisotopic (exact) mass is 367 g/mol. The second-order valence-corrected chi connectivity index (χ2v) is 6.53. The molecule has 1 aromatic heterocycles. The highest BCUT2D eigenvalue weighted by Gasteiger charge is 2.41. The van der Waals surface area contributed by atoms with Gasteiger partial charge in [0.05, 0.1) is 22.9 Å². The molecule has 0 spiro atoms. The van der Waals surface area contributed by atoms with Crippen LogP contribution in [0.2, 0.25) is 5.02 Å². The molecular formula is C20H18ClN3O2. The Labute approximate surface area is 156 Å². The Hall–Kier alpha value is -2.65. The number of hydrogen-bond acceptors (Lipinski definition) is 5. The third-order valence-corrected chi connectivity index (χ3v) is 5.02. The summed E-state index contributed by atoms with van der Waals surface area (Å²) in [5.74, 6) is 0.726. The highest BCUT2D eigenvalue weighted by Crippen LogP contribution is 2.37. The van der Waals surface area contributed by atoms with E-state index in [9.17, 15) is 5.11 Å². The van der Waals surface area contributed by atoms with Gasteiger partial charge in [0, 0.05) is 5.56 Å². The van der Waals surface area contributed by atoms with Crippen molar-refractivity contribution in [3.05, 3.63) is 76.3 Å². The second-order valence-electron chi connectivity index (χ2n) is 6.15. The number of rotatable bonds is 4. The van der Waals surface area contributed by atoms with Crippen molar-refractivity contribution >= 4 is 11.6 Å². The second kappa shape index (κ2) is 6.93. The average molecular weight is 368 g/mol. The summed E-state index contributed by atoms with van der Waals surface area (Å²) in [6.45, 7) is 3.32. The maximum Gasteiger partial charge on any atom is 0.222 e. The Morgan fingerprint density at radius 1 is 1.27 bits per heavy atom. The minimum Gasteiger partial charge on any atom is -0.438 e. The van der Waals surface area contributed by atoms with Gasteiger partial charge in [0.25, 0.3) is 0 Å². The Balaban J connectivity index is 2.15. The van der Waals surface area contributed by atoms with E-state index < -0.39 is 11.6 Å². The van der Waals surface area contributed by atoms with Gasteiger partial charge in [-0.2, -0.15) is 5.26 Å². The molecule has 3 rings (SSSR count). The van der Waals surface area contributed by atoms with Gasteiger partial charge in [-0.05, 0) is 31.0 Å². The number of nitrogens with zero attached hydrogens (tertiary/aromatic N) is 2. The lowest BCUT2D eigenvalue weighted by atomic mass is 9.82. The Morgan fingerprint density at radius 3 is 2.58 bits per heavy atom. The number of aliphatic hydroxyl groups is 1. The highest BCUT2D eigenvalue weighted by atomic mass is 35.5. The van der Waals surface area contributed by atoms with Gasteiger partial charge >= 0.3 is 0 Å². The molecule has 0 bridgehead atoms. The third-order valence-electron chi connectivity index (χ3n) is 4.53. The molecule has 1 heterocycles. The molecule has 132 valence electrons. The van der Waals surface area contributed by atoms with Gasteiger partial charge in [0.1, 0.15) is 11.6 Å². The summed E-state index contributed by atoms with van der Waals surface area (Å²) in [6.07, 6.45) is 0.572. The molecule has 0 unspecified atom stereocenters. The van der Waals surface area contributed by atoms with Crippen LogP contribution in [0.15, 0.2) is 53.1 Å². The standard InChI is InChI=1S/C20H18ClN3O2/c1-12-16(9-8-15(10-22)18(12)21)20(23,13(2)25)19-24-11-17(26-19)14-6-4-3-5-7-14/h3-9,11,13,25H,23H2,1-2H3/t13-,20+/m0/s1. The zero-order valence-electron chi connectivity index (χ0n) is 14.4. The number of hydrogen-bond donors (Lipinski definition) is 2. The lowest BCUT2D eigenvalue weighted by Crippen LogP contribution is -2.48. The topological polar surface area (TPSA) is 96.1 Å². The number of aliphatic hydroxyl groups excluding tert-OH is 1. The molecule has 5 nitrogen and oxygen atoms in total. The lowest BCUT2D eigenvalue weighted by molar-refractivity contribution is 0.105. The maximum absolute atomic E-state index is 10.5. The van der Waals surface area contributed by atoms with Crippen LogP contribution < -0.4 is 5.73 Å². The molecule has 2 aromatic carbocycles. The van der Waals surface area contributed by atoms with Crippen LogP contribution in [0.5, 0.6) is 0 Å². The summed E-state index contributed by atoms with van der Waals surface area (Å²) >= 11 is 6.29. The summed E-state index contributed by atoms with van der Waals surface area (Å²) in [6, 6.07) is 14.8. The van der Waals surface area contributed by atoms with Crippen molar-refractivity contribution < 1.29 is 9.52 Å². The Kier molecular flexibility index (Phi) is 4.84. The number of aromatic nitrogens is 1. The average Bonchev–Trinajstić information content (AvgIpc) is 3.14. The minimum atomic E-state index is -1.41. The molecule has 3 aromatic rings. The molecule has 0 saturated carbocycles. The van der Waals surface area contributed by atoms with E-state index in [4.69, 9.17) is 27.0 Å². The fourth-order valence-corrected chi connectivity index (χ4v) is 3.15. The SMILES string of the molecule is Cc1c([C@@](N)(c2ncc(-c3ccccc3)o2)[C@H](C)O)ccc(C#N)c1Cl. The van der Waals surface area contributed by atoms with Crippen LogP contribution in [0.25, 0.3) is 11.3 Å². The molecule has 0 radical (unpaired) electrons. The van der Waals surface area contributed by atoms with Gasteiger partial charge in [-0.25, -0.2) is 4.98 Å². The number of nitrogens with two attached hydrogens (primary N) is 1. The predicted molar refractivity (Wildman–Crippen MR) is 99.5 cm³/mol. The van der Waals surface area contributed by atoms with Gasteiger partial charge in [-0.15, -0.1) is 0 Å². The van der Waals surface area contributed by atoms with Crippen molar-refractivity contribution in [2.75, 3.05) is 0 Å². The first-order chi connectivity index (χ1) is 12.4. The number of halogens is 1. The van der Waals surface area contributed by atoms with Gasteiger partial charge < -0.3 is 15.3 Å². The van der Waals surface area contributed by atoms with Gasteiger partial charge in [-0.1, -0.05) is 48.0 Å². The van der Waals surface area contributed by atoms with E-state index >= 15 is 0 Å². The summed E-state index contributed by atoms with van der Waals surface area (Å²) in [4.78, 5) is 4.32. The fraction of sp³-hybridized carbons (Fsp3) is 0.200. The van der Waals surface area contributed by atoms with E-state index in [1.807, 2.05) is 36.4 Å². The number of nitriles is 1. The van der Waals surface area contributed by atoms with E-state index in [1.165, 1.54) is 0 Å². The van der Waals surface area contributed by atoms with Crippen LogP contribution in [-0.2, 0) is 5.54 Å². The Morgan fingerprint density at radius 2 is 1.96 bits per heavy atom. The molecule has 0 saturated heterocycles. The van der Waals surface area contributed by atoms with Gasteiger partial charge in [0.15, 0.2) is 5.76 Å². The molecule has 3 N–H and O–H groups in total. The summed E-state index contributed by atoms with van der Waals surface area (Å²) in [7, 11) is 0. The highest BCUT2D eigenvalue weighted by molar-refractivity contribution is 6.32.